The Labute approximate surface area is 76.5 Å². The standard InChI is InChI=1S/C9H12N2O2/c1-5-3-4-6(10)8(11)7(5)9(12)13-2/h3-4H,10-11H2,1-2H3. The van der Waals surface area contributed by atoms with Crippen molar-refractivity contribution in [3.63, 3.8) is 0 Å². The molecule has 4 nitrogen and oxygen atoms in total. The molecule has 0 aliphatic carbocycles. The Morgan fingerprint density at radius 3 is 2.54 bits per heavy atom. The fourth-order valence-corrected chi connectivity index (χ4v) is 1.12. The van der Waals surface area contributed by atoms with E-state index in [0.717, 1.165) is 5.56 Å². The lowest BCUT2D eigenvalue weighted by molar-refractivity contribution is 0.0601. The number of esters is 1. The number of aryl methyl sites for hydroxylation is 1. The minimum Gasteiger partial charge on any atom is -0.465 e. The molecule has 0 spiro atoms. The van der Waals surface area contributed by atoms with Gasteiger partial charge in [-0.1, -0.05) is 6.07 Å². The van der Waals surface area contributed by atoms with Gasteiger partial charge in [-0.3, -0.25) is 0 Å². The Balaban J connectivity index is 3.33. The second-order valence-corrected chi connectivity index (χ2v) is 2.75. The molecule has 4 N–H and O–H groups in total. The maximum Gasteiger partial charge on any atom is 0.340 e. The maximum atomic E-state index is 11.2. The largest absolute Gasteiger partial charge is 0.465 e. The molecule has 4 heteroatoms. The van der Waals surface area contributed by atoms with Crippen LogP contribution in [0.1, 0.15) is 15.9 Å². The van der Waals surface area contributed by atoms with Gasteiger partial charge in [-0.25, -0.2) is 4.79 Å². The first-order chi connectivity index (χ1) is 6.07. The van der Waals surface area contributed by atoms with Crippen LogP contribution in [0.2, 0.25) is 0 Å². The first-order valence-electron chi connectivity index (χ1n) is 3.80. The minimum atomic E-state index is -0.456. The number of carbonyl (C=O) groups excluding carboxylic acids is 1. The molecule has 0 heterocycles. The third-order valence-corrected chi connectivity index (χ3v) is 1.88. The van der Waals surface area contributed by atoms with E-state index in [1.165, 1.54) is 7.11 Å². The summed E-state index contributed by atoms with van der Waals surface area (Å²) >= 11 is 0. The number of rotatable bonds is 1. The van der Waals surface area contributed by atoms with E-state index in [2.05, 4.69) is 4.74 Å². The summed E-state index contributed by atoms with van der Waals surface area (Å²) in [7, 11) is 1.31. The van der Waals surface area contributed by atoms with E-state index in [1.54, 1.807) is 19.1 Å². The van der Waals surface area contributed by atoms with E-state index in [9.17, 15) is 4.79 Å². The molecular weight excluding hydrogens is 168 g/mol. The third-order valence-electron chi connectivity index (χ3n) is 1.88. The molecule has 0 aromatic heterocycles. The van der Waals surface area contributed by atoms with Gasteiger partial charge >= 0.3 is 5.97 Å². The van der Waals surface area contributed by atoms with Gasteiger partial charge < -0.3 is 16.2 Å². The Bertz CT molecular complexity index is 348. The van der Waals surface area contributed by atoms with Gasteiger partial charge in [0.2, 0.25) is 0 Å². The van der Waals surface area contributed by atoms with Gasteiger partial charge in [0.25, 0.3) is 0 Å². The SMILES string of the molecule is COC(=O)c1c(C)ccc(N)c1N. The van der Waals surface area contributed by atoms with Crippen molar-refractivity contribution in [2.24, 2.45) is 0 Å². The van der Waals surface area contributed by atoms with Gasteiger partial charge in [0.1, 0.15) is 0 Å². The van der Waals surface area contributed by atoms with Crippen LogP contribution in [0.4, 0.5) is 11.4 Å². The average Bonchev–Trinajstić information content (AvgIpc) is 2.12. The van der Waals surface area contributed by atoms with E-state index in [-0.39, 0.29) is 5.69 Å². The summed E-state index contributed by atoms with van der Waals surface area (Å²) in [5.41, 5.74) is 13.0. The number of anilines is 2. The monoisotopic (exact) mass is 180 g/mol. The zero-order chi connectivity index (χ0) is 10.0. The first-order valence-corrected chi connectivity index (χ1v) is 3.80. The molecule has 0 radical (unpaired) electrons. The van der Waals surface area contributed by atoms with E-state index in [1.807, 2.05) is 0 Å². The Hall–Kier alpha value is -1.71. The predicted molar refractivity (Wildman–Crippen MR) is 51.3 cm³/mol. The molecule has 0 saturated carbocycles. The van der Waals surface area contributed by atoms with Crippen LogP contribution in [0.5, 0.6) is 0 Å². The van der Waals surface area contributed by atoms with Gasteiger partial charge in [0.05, 0.1) is 24.0 Å². The van der Waals surface area contributed by atoms with Crippen molar-refractivity contribution in [1.82, 2.24) is 0 Å². The van der Waals surface area contributed by atoms with Crippen LogP contribution in [0.25, 0.3) is 0 Å². The van der Waals surface area contributed by atoms with Crippen molar-refractivity contribution in [3.05, 3.63) is 23.3 Å². The molecule has 0 fully saturated rings. The van der Waals surface area contributed by atoms with Gasteiger partial charge in [-0.2, -0.15) is 0 Å². The lowest BCUT2D eigenvalue weighted by Gasteiger charge is -2.08. The number of hydrogen-bond donors (Lipinski definition) is 2. The zero-order valence-electron chi connectivity index (χ0n) is 7.63. The highest BCUT2D eigenvalue weighted by Crippen LogP contribution is 2.23. The zero-order valence-corrected chi connectivity index (χ0v) is 7.63. The van der Waals surface area contributed by atoms with Crippen molar-refractivity contribution >= 4 is 17.3 Å². The topological polar surface area (TPSA) is 78.3 Å². The molecule has 1 aromatic rings. The average molecular weight is 180 g/mol. The second-order valence-electron chi connectivity index (χ2n) is 2.75. The summed E-state index contributed by atoms with van der Waals surface area (Å²) in [6.45, 7) is 1.78. The minimum absolute atomic E-state index is 0.284. The molecule has 0 aliphatic rings. The van der Waals surface area contributed by atoms with E-state index >= 15 is 0 Å². The fourth-order valence-electron chi connectivity index (χ4n) is 1.12. The van der Waals surface area contributed by atoms with Crippen LogP contribution in [-0.4, -0.2) is 13.1 Å². The summed E-state index contributed by atoms with van der Waals surface area (Å²) in [4.78, 5) is 11.2. The Morgan fingerprint density at radius 2 is 2.00 bits per heavy atom. The summed E-state index contributed by atoms with van der Waals surface area (Å²) in [6.07, 6.45) is 0. The molecule has 1 rings (SSSR count). The van der Waals surface area contributed by atoms with Crippen LogP contribution in [-0.2, 0) is 4.74 Å². The quantitative estimate of drug-likeness (QED) is 0.498. The van der Waals surface area contributed by atoms with Crippen LogP contribution < -0.4 is 11.5 Å². The van der Waals surface area contributed by atoms with Gasteiger partial charge in [-0.05, 0) is 18.6 Å². The molecule has 0 unspecified atom stereocenters. The number of ether oxygens (including phenoxy) is 1. The molecular formula is C9H12N2O2. The van der Waals surface area contributed by atoms with E-state index < -0.39 is 5.97 Å². The Morgan fingerprint density at radius 1 is 1.38 bits per heavy atom. The van der Waals surface area contributed by atoms with Gasteiger partial charge in [-0.15, -0.1) is 0 Å². The second kappa shape index (κ2) is 3.35. The van der Waals surface area contributed by atoms with E-state index in [0.29, 0.717) is 11.3 Å². The number of methoxy groups -OCH3 is 1. The summed E-state index contributed by atoms with van der Waals surface area (Å²) in [5, 5.41) is 0. The number of nitrogens with two attached hydrogens (primary N) is 2. The molecule has 1 aromatic carbocycles. The smallest absolute Gasteiger partial charge is 0.340 e. The fraction of sp³-hybridized carbons (Fsp3) is 0.222. The number of nitrogen functional groups attached to an aromatic ring is 2. The van der Waals surface area contributed by atoms with Gasteiger partial charge in [0, 0.05) is 0 Å². The third kappa shape index (κ3) is 1.56. The van der Waals surface area contributed by atoms with Crippen molar-refractivity contribution in [2.75, 3.05) is 18.6 Å². The maximum absolute atomic E-state index is 11.2. The molecule has 0 aliphatic heterocycles. The molecule has 0 saturated heterocycles. The van der Waals surface area contributed by atoms with Crippen LogP contribution in [0, 0.1) is 6.92 Å². The van der Waals surface area contributed by atoms with Crippen LogP contribution in [0.15, 0.2) is 12.1 Å². The molecule has 13 heavy (non-hydrogen) atoms. The number of hydrogen-bond acceptors (Lipinski definition) is 4. The molecule has 0 bridgehead atoms. The van der Waals surface area contributed by atoms with E-state index in [4.69, 9.17) is 11.5 Å². The van der Waals surface area contributed by atoms with Crippen molar-refractivity contribution in [1.29, 1.82) is 0 Å². The first kappa shape index (κ1) is 9.38. The predicted octanol–water partition coefficient (Wildman–Crippen LogP) is 0.946. The van der Waals surface area contributed by atoms with Gasteiger partial charge in [0.15, 0.2) is 0 Å². The van der Waals surface area contributed by atoms with Crippen LogP contribution in [0.3, 0.4) is 0 Å². The Kier molecular flexibility index (Phi) is 2.41. The summed E-state index contributed by atoms with van der Waals surface area (Å²) in [6, 6.07) is 3.40. The lowest BCUT2D eigenvalue weighted by Crippen LogP contribution is -2.09. The lowest BCUT2D eigenvalue weighted by atomic mass is 10.1. The highest BCUT2D eigenvalue weighted by Gasteiger charge is 2.14. The highest BCUT2D eigenvalue weighted by atomic mass is 16.5. The molecule has 70 valence electrons. The summed E-state index contributed by atoms with van der Waals surface area (Å²) < 4.78 is 4.58. The number of carbonyl (C=O) groups is 1. The van der Waals surface area contributed by atoms with Crippen molar-refractivity contribution in [2.45, 2.75) is 6.92 Å². The number of benzene rings is 1. The molecule has 0 atom stereocenters. The van der Waals surface area contributed by atoms with Crippen molar-refractivity contribution < 1.29 is 9.53 Å². The van der Waals surface area contributed by atoms with Crippen molar-refractivity contribution in [3.8, 4) is 0 Å². The highest BCUT2D eigenvalue weighted by molar-refractivity contribution is 5.99. The summed E-state index contributed by atoms with van der Waals surface area (Å²) in [5.74, 6) is -0.456. The molecule has 0 amide bonds. The van der Waals surface area contributed by atoms with Crippen LogP contribution >= 0.6 is 0 Å². The normalized spacial score (nSPS) is 9.69.